The van der Waals surface area contributed by atoms with E-state index in [1.54, 1.807) is 13.3 Å². The molecule has 0 saturated heterocycles. The van der Waals surface area contributed by atoms with E-state index in [-0.39, 0.29) is 24.7 Å². The summed E-state index contributed by atoms with van der Waals surface area (Å²) >= 11 is 0. The van der Waals surface area contributed by atoms with E-state index in [0.717, 1.165) is 6.54 Å². The van der Waals surface area contributed by atoms with Crippen molar-refractivity contribution in [2.45, 2.75) is 39.8 Å². The number of carbonyl (C=O) groups excluding carboxylic acids is 1. The van der Waals surface area contributed by atoms with E-state index < -0.39 is 5.97 Å². The number of carboxylic acids is 1. The predicted molar refractivity (Wildman–Crippen MR) is 63.6 cm³/mol. The van der Waals surface area contributed by atoms with Crippen LogP contribution in [0.1, 0.15) is 32.5 Å². The Morgan fingerprint density at radius 3 is 2.83 bits per heavy atom. The largest absolute Gasteiger partial charge is 0.481 e. The minimum Gasteiger partial charge on any atom is -0.481 e. The third-order valence-electron chi connectivity index (χ3n) is 2.54. The van der Waals surface area contributed by atoms with Crippen LogP contribution in [0.3, 0.4) is 0 Å². The number of carboxylic acid groups (broad SMARTS) is 1. The second kappa shape index (κ2) is 6.73. The van der Waals surface area contributed by atoms with Gasteiger partial charge in [0.15, 0.2) is 5.82 Å². The lowest BCUT2D eigenvalue weighted by molar-refractivity contribution is -0.138. The molecular weight excluding hydrogens is 236 g/mol. The van der Waals surface area contributed by atoms with Crippen molar-refractivity contribution in [2.75, 3.05) is 0 Å². The molecule has 0 aromatic carbocycles. The lowest BCUT2D eigenvalue weighted by Crippen LogP contribution is -2.26. The Balaban J connectivity index is 2.35. The lowest BCUT2D eigenvalue weighted by atomic mass is 10.0. The monoisotopic (exact) mass is 254 g/mol. The van der Waals surface area contributed by atoms with Gasteiger partial charge in [-0.3, -0.25) is 9.59 Å². The zero-order chi connectivity index (χ0) is 13.5. The first-order chi connectivity index (χ1) is 8.52. The van der Waals surface area contributed by atoms with Crippen LogP contribution in [0.2, 0.25) is 0 Å². The highest BCUT2D eigenvalue weighted by Gasteiger charge is 2.13. The van der Waals surface area contributed by atoms with Gasteiger partial charge < -0.3 is 15.0 Å². The van der Waals surface area contributed by atoms with Gasteiger partial charge in [0.05, 0.1) is 6.54 Å². The Morgan fingerprint density at radius 1 is 1.50 bits per heavy atom. The van der Waals surface area contributed by atoms with E-state index in [1.807, 2.05) is 11.5 Å². The molecule has 1 rings (SSSR count). The van der Waals surface area contributed by atoms with Gasteiger partial charge in [-0.1, -0.05) is 6.92 Å². The summed E-state index contributed by atoms with van der Waals surface area (Å²) in [4.78, 5) is 22.0. The highest BCUT2D eigenvalue weighted by molar-refractivity contribution is 5.77. The van der Waals surface area contributed by atoms with Gasteiger partial charge in [0, 0.05) is 19.4 Å². The van der Waals surface area contributed by atoms with Crippen LogP contribution in [0.15, 0.2) is 6.33 Å². The van der Waals surface area contributed by atoms with Gasteiger partial charge in [-0.25, -0.2) is 0 Å². The summed E-state index contributed by atoms with van der Waals surface area (Å²) in [5.41, 5.74) is 0. The molecule has 1 amide bonds. The van der Waals surface area contributed by atoms with Crippen LogP contribution in [-0.4, -0.2) is 31.7 Å². The van der Waals surface area contributed by atoms with Crippen molar-refractivity contribution in [3.05, 3.63) is 12.2 Å². The lowest BCUT2D eigenvalue weighted by Gasteiger charge is -2.09. The smallest absolute Gasteiger partial charge is 0.303 e. The topological polar surface area (TPSA) is 97.1 Å². The Hall–Kier alpha value is -1.92. The van der Waals surface area contributed by atoms with E-state index in [1.165, 1.54) is 0 Å². The molecule has 0 aliphatic rings. The molecule has 18 heavy (non-hydrogen) atoms. The number of rotatable bonds is 7. The number of hydrogen-bond acceptors (Lipinski definition) is 4. The van der Waals surface area contributed by atoms with Gasteiger partial charge >= 0.3 is 5.97 Å². The molecule has 0 radical (unpaired) electrons. The SMILES string of the molecule is CCn1cnnc1CNC(=O)CC(C)CC(=O)O. The van der Waals surface area contributed by atoms with E-state index in [0.29, 0.717) is 12.4 Å². The number of aliphatic carboxylic acids is 1. The van der Waals surface area contributed by atoms with Crippen LogP contribution in [0.4, 0.5) is 0 Å². The summed E-state index contributed by atoms with van der Waals surface area (Å²) in [5, 5.41) is 18.9. The van der Waals surface area contributed by atoms with Gasteiger partial charge in [-0.05, 0) is 12.8 Å². The minimum absolute atomic E-state index is 0.00143. The molecule has 2 N–H and O–H groups in total. The molecule has 7 nitrogen and oxygen atoms in total. The molecule has 0 aliphatic heterocycles. The second-order valence-corrected chi connectivity index (χ2v) is 4.22. The molecule has 1 atom stereocenters. The summed E-state index contributed by atoms with van der Waals surface area (Å²) in [7, 11) is 0. The van der Waals surface area contributed by atoms with Gasteiger partial charge in [-0.15, -0.1) is 10.2 Å². The van der Waals surface area contributed by atoms with Gasteiger partial charge in [0.2, 0.25) is 5.91 Å². The van der Waals surface area contributed by atoms with Crippen molar-refractivity contribution in [1.82, 2.24) is 20.1 Å². The fourth-order valence-electron chi connectivity index (χ4n) is 1.62. The summed E-state index contributed by atoms with van der Waals surface area (Å²) < 4.78 is 1.83. The Bertz CT molecular complexity index is 416. The molecule has 1 heterocycles. The van der Waals surface area contributed by atoms with Crippen LogP contribution in [0.25, 0.3) is 0 Å². The number of nitrogens with zero attached hydrogens (tertiary/aromatic N) is 3. The molecule has 0 bridgehead atoms. The highest BCUT2D eigenvalue weighted by atomic mass is 16.4. The summed E-state index contributed by atoms with van der Waals surface area (Å²) in [6.45, 7) is 4.76. The van der Waals surface area contributed by atoms with Crippen LogP contribution in [0, 0.1) is 5.92 Å². The first-order valence-corrected chi connectivity index (χ1v) is 5.88. The predicted octanol–water partition coefficient (Wildman–Crippen LogP) is 0.415. The van der Waals surface area contributed by atoms with E-state index in [4.69, 9.17) is 5.11 Å². The third-order valence-corrected chi connectivity index (χ3v) is 2.54. The van der Waals surface area contributed by atoms with Crippen LogP contribution in [-0.2, 0) is 22.7 Å². The maximum Gasteiger partial charge on any atom is 0.303 e. The standard InChI is InChI=1S/C11H18N4O3/c1-3-15-7-13-14-9(15)6-12-10(16)4-8(2)5-11(17)18/h7-8H,3-6H2,1-2H3,(H,12,16)(H,17,18). The quantitative estimate of drug-likeness (QED) is 0.734. The normalized spacial score (nSPS) is 12.1. The molecule has 1 aromatic heterocycles. The van der Waals surface area contributed by atoms with Gasteiger partial charge in [-0.2, -0.15) is 0 Å². The zero-order valence-corrected chi connectivity index (χ0v) is 10.6. The fourth-order valence-corrected chi connectivity index (χ4v) is 1.62. The molecule has 1 unspecified atom stereocenters. The molecule has 0 saturated carbocycles. The average Bonchev–Trinajstić information content (AvgIpc) is 2.72. The number of nitrogens with one attached hydrogen (secondary N) is 1. The van der Waals surface area contributed by atoms with Crippen LogP contribution in [0.5, 0.6) is 0 Å². The second-order valence-electron chi connectivity index (χ2n) is 4.22. The Labute approximate surface area is 105 Å². The van der Waals surface area contributed by atoms with E-state index >= 15 is 0 Å². The van der Waals surface area contributed by atoms with Crippen LogP contribution >= 0.6 is 0 Å². The number of aryl methyl sites for hydroxylation is 1. The van der Waals surface area contributed by atoms with Crippen molar-refractivity contribution in [2.24, 2.45) is 5.92 Å². The summed E-state index contributed by atoms with van der Waals surface area (Å²) in [6, 6.07) is 0. The molecule has 0 aliphatic carbocycles. The van der Waals surface area contributed by atoms with Crippen molar-refractivity contribution in [3.63, 3.8) is 0 Å². The maximum absolute atomic E-state index is 11.6. The molecule has 1 aromatic rings. The van der Waals surface area contributed by atoms with Crippen molar-refractivity contribution in [3.8, 4) is 0 Å². The minimum atomic E-state index is -0.888. The molecule has 100 valence electrons. The van der Waals surface area contributed by atoms with Crippen molar-refractivity contribution < 1.29 is 14.7 Å². The molecule has 0 fully saturated rings. The van der Waals surface area contributed by atoms with Crippen LogP contribution < -0.4 is 5.32 Å². The number of carbonyl (C=O) groups is 2. The molecule has 7 heteroatoms. The Morgan fingerprint density at radius 2 is 2.22 bits per heavy atom. The fraction of sp³-hybridized carbons (Fsp3) is 0.636. The van der Waals surface area contributed by atoms with Crippen molar-refractivity contribution >= 4 is 11.9 Å². The van der Waals surface area contributed by atoms with Crippen molar-refractivity contribution in [1.29, 1.82) is 0 Å². The van der Waals surface area contributed by atoms with Gasteiger partial charge in [0.1, 0.15) is 6.33 Å². The molecule has 0 spiro atoms. The van der Waals surface area contributed by atoms with E-state index in [2.05, 4.69) is 15.5 Å². The summed E-state index contributed by atoms with van der Waals surface area (Å²) in [6.07, 6.45) is 1.81. The molecular formula is C11H18N4O3. The number of hydrogen-bond donors (Lipinski definition) is 2. The first kappa shape index (κ1) is 14.1. The number of aromatic nitrogens is 3. The van der Waals surface area contributed by atoms with Gasteiger partial charge in [0.25, 0.3) is 0 Å². The maximum atomic E-state index is 11.6. The third kappa shape index (κ3) is 4.52. The average molecular weight is 254 g/mol. The Kier molecular flexibility index (Phi) is 5.29. The highest BCUT2D eigenvalue weighted by Crippen LogP contribution is 2.07. The number of amides is 1. The van der Waals surface area contributed by atoms with E-state index in [9.17, 15) is 9.59 Å². The summed E-state index contributed by atoms with van der Waals surface area (Å²) in [5.74, 6) is -0.543. The zero-order valence-electron chi connectivity index (χ0n) is 10.6. The first-order valence-electron chi connectivity index (χ1n) is 5.88.